The molecule has 0 radical (unpaired) electrons. The van der Waals surface area contributed by atoms with E-state index < -0.39 is 0 Å². The van der Waals surface area contributed by atoms with Crippen LogP contribution in [0.4, 0.5) is 0 Å². The number of hydrogen-bond donors (Lipinski definition) is 0. The third-order valence-corrected chi connectivity index (χ3v) is 15.6. The van der Waals surface area contributed by atoms with Crippen molar-refractivity contribution in [2.75, 3.05) is 0 Å². The van der Waals surface area contributed by atoms with Crippen LogP contribution in [0.3, 0.4) is 0 Å². The molecule has 13 aromatic rings. The Labute approximate surface area is 463 Å². The molecule has 0 spiro atoms. The highest BCUT2D eigenvalue weighted by Crippen LogP contribution is 2.57. The van der Waals surface area contributed by atoms with Gasteiger partial charge in [0.05, 0.1) is 0 Å². The largest absolute Gasteiger partial charge is 0.264 e. The van der Waals surface area contributed by atoms with Gasteiger partial charge in [-0.05, 0) is 103 Å². The predicted octanol–water partition coefficient (Wildman–Crippen LogP) is 16.5. The van der Waals surface area contributed by atoms with Crippen LogP contribution < -0.4 is 0 Å². The van der Waals surface area contributed by atoms with E-state index in [2.05, 4.69) is 168 Å². The molecule has 4 heterocycles. The van der Waals surface area contributed by atoms with Gasteiger partial charge in [-0.3, -0.25) is 9.97 Å². The van der Waals surface area contributed by atoms with E-state index in [1.54, 1.807) is 12.4 Å². The zero-order valence-electron chi connectivity index (χ0n) is 43.1. The van der Waals surface area contributed by atoms with Crippen molar-refractivity contribution in [2.45, 2.75) is 11.8 Å². The zero-order valence-corrected chi connectivity index (χ0v) is 43.1. The quantitative estimate of drug-likeness (QED) is 0.133. The molecular formula is C72H46N8. The highest BCUT2D eigenvalue weighted by atomic mass is 15.0. The van der Waals surface area contributed by atoms with Gasteiger partial charge < -0.3 is 0 Å². The second-order valence-electron chi connectivity index (χ2n) is 20.3. The minimum absolute atomic E-state index is 0.107. The third-order valence-electron chi connectivity index (χ3n) is 15.6. The molecule has 80 heavy (non-hydrogen) atoms. The molecule has 16 rings (SSSR count). The second kappa shape index (κ2) is 19.7. The maximum Gasteiger partial charge on any atom is 0.164 e. The van der Waals surface area contributed by atoms with Crippen molar-refractivity contribution in [1.29, 1.82) is 0 Å². The van der Waals surface area contributed by atoms with Gasteiger partial charge in [0, 0.05) is 81.1 Å². The van der Waals surface area contributed by atoms with Gasteiger partial charge in [0.2, 0.25) is 0 Å². The topological polar surface area (TPSA) is 103 Å². The minimum atomic E-state index is 0.107. The third kappa shape index (κ3) is 8.52. The summed E-state index contributed by atoms with van der Waals surface area (Å²) in [5.41, 5.74) is 22.5. The van der Waals surface area contributed by atoms with Crippen molar-refractivity contribution in [3.8, 4) is 113 Å². The fourth-order valence-corrected chi connectivity index (χ4v) is 11.6. The predicted molar refractivity (Wildman–Crippen MR) is 318 cm³/mol. The normalized spacial score (nSPS) is 13.8. The highest BCUT2D eigenvalue weighted by molar-refractivity contribution is 5.79. The van der Waals surface area contributed by atoms with Crippen molar-refractivity contribution in [1.82, 2.24) is 39.9 Å². The van der Waals surface area contributed by atoms with Crippen LogP contribution in [0.1, 0.15) is 45.2 Å². The van der Waals surface area contributed by atoms with Crippen LogP contribution in [0, 0.1) is 0 Å². The lowest BCUT2D eigenvalue weighted by atomic mass is 9.60. The van der Waals surface area contributed by atoms with Gasteiger partial charge in [0.15, 0.2) is 34.9 Å². The fourth-order valence-electron chi connectivity index (χ4n) is 11.6. The van der Waals surface area contributed by atoms with E-state index in [-0.39, 0.29) is 11.8 Å². The van der Waals surface area contributed by atoms with E-state index in [1.807, 2.05) is 97.3 Å². The van der Waals surface area contributed by atoms with Gasteiger partial charge in [-0.2, -0.15) is 0 Å². The average molecular weight is 1020 g/mol. The van der Waals surface area contributed by atoms with Crippen LogP contribution in [0.15, 0.2) is 267 Å². The smallest absolute Gasteiger partial charge is 0.164 e. The molecule has 0 aliphatic heterocycles. The average Bonchev–Trinajstić information content (AvgIpc) is 3.65. The molecule has 8 nitrogen and oxygen atoms in total. The van der Waals surface area contributed by atoms with Gasteiger partial charge >= 0.3 is 0 Å². The lowest BCUT2D eigenvalue weighted by Gasteiger charge is -2.42. The lowest BCUT2D eigenvalue weighted by molar-refractivity contribution is 0.755. The highest BCUT2D eigenvalue weighted by Gasteiger charge is 2.41. The molecule has 8 heteroatoms. The molecule has 3 aliphatic rings. The van der Waals surface area contributed by atoms with E-state index in [4.69, 9.17) is 29.9 Å². The molecular weight excluding hydrogens is 977 g/mol. The van der Waals surface area contributed by atoms with Crippen LogP contribution in [-0.4, -0.2) is 39.9 Å². The molecule has 0 N–H and O–H groups in total. The molecule has 0 amide bonds. The summed E-state index contributed by atoms with van der Waals surface area (Å²) >= 11 is 0. The molecule has 2 bridgehead atoms. The van der Waals surface area contributed by atoms with Gasteiger partial charge in [-0.25, -0.2) is 29.9 Å². The summed E-state index contributed by atoms with van der Waals surface area (Å²) in [6.07, 6.45) is 7.33. The second-order valence-corrected chi connectivity index (χ2v) is 20.3. The molecule has 2 unspecified atom stereocenters. The Morgan fingerprint density at radius 2 is 0.475 bits per heavy atom. The number of hydrogen-bond acceptors (Lipinski definition) is 8. The molecule has 9 aromatic carbocycles. The van der Waals surface area contributed by atoms with E-state index in [0.717, 1.165) is 66.8 Å². The first-order chi connectivity index (χ1) is 39.6. The summed E-state index contributed by atoms with van der Waals surface area (Å²) in [6.45, 7) is 0. The van der Waals surface area contributed by atoms with Crippen molar-refractivity contribution in [3.05, 3.63) is 301 Å². The standard InChI is InChI=1S/C72H46N8/c1-3-13-47(14-4-1)67-75-69(79-71(77-67)55-19-9-17-51(39-55)57-21-11-37-73-43-57)49-29-25-45(26-30-49)53-33-35-61-63(41-53)65-59-23-7-8-24-60(59)66(61)64-42-54(34-36-62(64)65)46-27-31-50(32-28-46)70-76-68(48-15-5-2-6-16-48)78-72(80-70)56-20-10-18-52(40-56)58-22-12-38-74-44-58/h1-44,65-66H. The Bertz CT molecular complexity index is 4170. The maximum absolute atomic E-state index is 5.09. The number of aromatic nitrogens is 8. The Hall–Kier alpha value is -10.7. The van der Waals surface area contributed by atoms with Crippen molar-refractivity contribution >= 4 is 0 Å². The van der Waals surface area contributed by atoms with E-state index in [9.17, 15) is 0 Å². The molecule has 2 atom stereocenters. The number of rotatable bonds is 10. The van der Waals surface area contributed by atoms with Crippen LogP contribution in [-0.2, 0) is 0 Å². The first-order valence-electron chi connectivity index (χ1n) is 26.8. The van der Waals surface area contributed by atoms with Gasteiger partial charge in [0.1, 0.15) is 0 Å². The Balaban J connectivity index is 0.737. The molecule has 374 valence electrons. The summed E-state index contributed by atoms with van der Waals surface area (Å²) in [5, 5.41) is 0. The van der Waals surface area contributed by atoms with Gasteiger partial charge in [0.25, 0.3) is 0 Å². The Morgan fingerprint density at radius 3 is 0.863 bits per heavy atom. The minimum Gasteiger partial charge on any atom is -0.264 e. The SMILES string of the molecule is c1ccc(-c2nc(-c3ccc(-c4ccc5c(c4)C4c6ccccc6C5c5cc(-c6ccc(-c7nc(-c8ccccc8)nc(-c8cccc(-c9cccnc9)c8)n7)cc6)ccc54)cc3)nc(-c3cccc(-c4cccnc4)c3)n2)cc1. The molecule has 0 saturated heterocycles. The molecule has 0 fully saturated rings. The maximum atomic E-state index is 5.09. The van der Waals surface area contributed by atoms with Crippen molar-refractivity contribution in [2.24, 2.45) is 0 Å². The zero-order chi connectivity index (χ0) is 52.9. The van der Waals surface area contributed by atoms with Gasteiger partial charge in [-0.1, -0.05) is 206 Å². The van der Waals surface area contributed by atoms with E-state index in [0.29, 0.717) is 34.9 Å². The fraction of sp³-hybridized carbons (Fsp3) is 0.0278. The summed E-state index contributed by atoms with van der Waals surface area (Å²) in [6, 6.07) is 85.3. The summed E-state index contributed by atoms with van der Waals surface area (Å²) in [4.78, 5) is 39.0. The molecule has 0 saturated carbocycles. The Kier molecular flexibility index (Phi) is 11.5. The van der Waals surface area contributed by atoms with Crippen molar-refractivity contribution < 1.29 is 0 Å². The first kappa shape index (κ1) is 46.6. The van der Waals surface area contributed by atoms with Crippen LogP contribution >= 0.6 is 0 Å². The number of pyridine rings is 2. The molecule has 3 aliphatic carbocycles. The van der Waals surface area contributed by atoms with Crippen LogP contribution in [0.5, 0.6) is 0 Å². The number of benzene rings is 9. The number of nitrogens with zero attached hydrogens (tertiary/aromatic N) is 8. The van der Waals surface area contributed by atoms with E-state index >= 15 is 0 Å². The lowest BCUT2D eigenvalue weighted by Crippen LogP contribution is -2.27. The summed E-state index contributed by atoms with van der Waals surface area (Å²) in [5.74, 6) is 3.93. The monoisotopic (exact) mass is 1020 g/mol. The van der Waals surface area contributed by atoms with Gasteiger partial charge in [-0.15, -0.1) is 0 Å². The van der Waals surface area contributed by atoms with Crippen molar-refractivity contribution in [3.63, 3.8) is 0 Å². The van der Waals surface area contributed by atoms with Crippen LogP contribution in [0.25, 0.3) is 113 Å². The van der Waals surface area contributed by atoms with Crippen LogP contribution in [0.2, 0.25) is 0 Å². The Morgan fingerprint density at radius 1 is 0.188 bits per heavy atom. The van der Waals surface area contributed by atoms with E-state index in [1.165, 1.54) is 44.5 Å². The first-order valence-corrected chi connectivity index (χ1v) is 26.8. The molecule has 4 aromatic heterocycles. The summed E-state index contributed by atoms with van der Waals surface area (Å²) < 4.78 is 0. The summed E-state index contributed by atoms with van der Waals surface area (Å²) in [7, 11) is 0.